The molecule has 1 heterocycles. The molecule has 2 aromatic rings. The fraction of sp³-hybridized carbons (Fsp3) is 0.174. The number of aryl methyl sites for hydroxylation is 1. The van der Waals surface area contributed by atoms with Gasteiger partial charge in [-0.25, -0.2) is 0 Å². The fourth-order valence-corrected chi connectivity index (χ4v) is 4.67. The number of nitrogens with zero attached hydrogens (tertiary/aromatic N) is 1. The molecule has 0 bridgehead atoms. The van der Waals surface area contributed by atoms with Crippen LogP contribution in [-0.4, -0.2) is 34.4 Å². The second-order valence-electron chi connectivity index (χ2n) is 6.80. The summed E-state index contributed by atoms with van der Waals surface area (Å²) in [5, 5.41) is 1.63. The molecular formula is C23H20Cl2N2O4S2. The van der Waals surface area contributed by atoms with Gasteiger partial charge in [0.05, 0.1) is 27.1 Å². The van der Waals surface area contributed by atoms with Crippen molar-refractivity contribution in [3.8, 4) is 11.5 Å². The highest BCUT2D eigenvalue weighted by molar-refractivity contribution is 8.26. The summed E-state index contributed by atoms with van der Waals surface area (Å²) in [7, 11) is 0. The number of carbonyl (C=O) groups is 2. The standard InChI is InChI=1S/C23H20Cl2N2O4S2/c1-4-8-31-20-17(25)10-14(11-18(20)30-5-2)12-19-22(29)27(23(32)33-19)26-21(28)15-7-6-13(3)9-16(15)24/h4,6-7,9-12H,1,5,8H2,2-3H3,(H,26,28)/b19-12+. The van der Waals surface area contributed by atoms with Crippen LogP contribution in [0, 0.1) is 6.92 Å². The maximum atomic E-state index is 12.9. The van der Waals surface area contributed by atoms with Gasteiger partial charge in [-0.2, -0.15) is 5.01 Å². The number of carbonyl (C=O) groups excluding carboxylic acids is 2. The number of benzene rings is 2. The molecule has 6 nitrogen and oxygen atoms in total. The molecule has 1 fully saturated rings. The van der Waals surface area contributed by atoms with E-state index in [4.69, 9.17) is 44.9 Å². The molecule has 3 rings (SSSR count). The van der Waals surface area contributed by atoms with E-state index in [2.05, 4.69) is 12.0 Å². The Morgan fingerprint density at radius 2 is 2.00 bits per heavy atom. The van der Waals surface area contributed by atoms with Crippen molar-refractivity contribution in [2.24, 2.45) is 0 Å². The van der Waals surface area contributed by atoms with Crippen molar-refractivity contribution in [1.82, 2.24) is 10.4 Å². The molecule has 2 amide bonds. The first-order valence-corrected chi connectivity index (χ1v) is 11.8. The first-order valence-electron chi connectivity index (χ1n) is 9.80. The molecule has 0 radical (unpaired) electrons. The smallest absolute Gasteiger partial charge is 0.285 e. The molecule has 1 N–H and O–H groups in total. The first-order chi connectivity index (χ1) is 15.7. The lowest BCUT2D eigenvalue weighted by molar-refractivity contribution is -0.123. The van der Waals surface area contributed by atoms with Crippen molar-refractivity contribution < 1.29 is 19.1 Å². The Labute approximate surface area is 211 Å². The Morgan fingerprint density at radius 1 is 1.24 bits per heavy atom. The molecule has 0 aliphatic carbocycles. The predicted octanol–water partition coefficient (Wildman–Crippen LogP) is 5.81. The molecule has 10 heteroatoms. The first kappa shape index (κ1) is 25.1. The van der Waals surface area contributed by atoms with Crippen LogP contribution < -0.4 is 14.9 Å². The second-order valence-corrected chi connectivity index (χ2v) is 9.29. The van der Waals surface area contributed by atoms with Gasteiger partial charge in [-0.1, -0.05) is 53.7 Å². The van der Waals surface area contributed by atoms with Gasteiger partial charge in [0.2, 0.25) is 0 Å². The van der Waals surface area contributed by atoms with Gasteiger partial charge in [-0.05, 0) is 67.5 Å². The number of thioether (sulfide) groups is 1. The van der Waals surface area contributed by atoms with Crippen LogP contribution in [0.2, 0.25) is 10.0 Å². The van der Waals surface area contributed by atoms with Crippen molar-refractivity contribution >= 4 is 69.4 Å². The van der Waals surface area contributed by atoms with Gasteiger partial charge in [0.1, 0.15) is 6.61 Å². The van der Waals surface area contributed by atoms with E-state index in [9.17, 15) is 9.59 Å². The van der Waals surface area contributed by atoms with Gasteiger partial charge >= 0.3 is 0 Å². The third-order valence-corrected chi connectivity index (χ3v) is 6.25. The molecule has 1 saturated heterocycles. The highest BCUT2D eigenvalue weighted by atomic mass is 35.5. The maximum Gasteiger partial charge on any atom is 0.285 e. The molecular weight excluding hydrogens is 503 g/mol. The van der Waals surface area contributed by atoms with E-state index in [1.807, 2.05) is 13.8 Å². The van der Waals surface area contributed by atoms with Gasteiger partial charge in [0.25, 0.3) is 11.8 Å². The average Bonchev–Trinajstić information content (AvgIpc) is 3.00. The fourth-order valence-electron chi connectivity index (χ4n) is 2.90. The van der Waals surface area contributed by atoms with E-state index in [1.54, 1.807) is 42.5 Å². The molecule has 0 atom stereocenters. The summed E-state index contributed by atoms with van der Waals surface area (Å²) in [6, 6.07) is 8.38. The summed E-state index contributed by atoms with van der Waals surface area (Å²) in [5.74, 6) is -0.174. The minimum absolute atomic E-state index is 0.185. The van der Waals surface area contributed by atoms with Crippen LogP contribution in [0.25, 0.3) is 6.08 Å². The third-order valence-electron chi connectivity index (χ3n) is 4.35. The number of hydrogen-bond acceptors (Lipinski definition) is 6. The number of amides is 2. The van der Waals surface area contributed by atoms with E-state index >= 15 is 0 Å². The van der Waals surface area contributed by atoms with Crippen molar-refractivity contribution in [3.05, 3.63) is 74.6 Å². The Balaban J connectivity index is 1.84. The molecule has 1 aliphatic rings. The monoisotopic (exact) mass is 522 g/mol. The summed E-state index contributed by atoms with van der Waals surface area (Å²) < 4.78 is 11.4. The minimum atomic E-state index is -0.539. The summed E-state index contributed by atoms with van der Waals surface area (Å²) >= 11 is 18.9. The Hall–Kier alpha value is -2.52. The second kappa shape index (κ2) is 11.1. The molecule has 172 valence electrons. The topological polar surface area (TPSA) is 67.9 Å². The number of hydrazine groups is 1. The van der Waals surface area contributed by atoms with Gasteiger partial charge < -0.3 is 9.47 Å². The molecule has 0 aromatic heterocycles. The lowest BCUT2D eigenvalue weighted by atomic mass is 10.1. The van der Waals surface area contributed by atoms with Crippen LogP contribution >= 0.6 is 47.2 Å². The van der Waals surface area contributed by atoms with E-state index in [0.29, 0.717) is 33.6 Å². The summed E-state index contributed by atoms with van der Waals surface area (Å²) in [4.78, 5) is 25.9. The highest BCUT2D eigenvalue weighted by Crippen LogP contribution is 2.39. The lowest BCUT2D eigenvalue weighted by Crippen LogP contribution is -2.44. The zero-order chi connectivity index (χ0) is 24.1. The van der Waals surface area contributed by atoms with E-state index in [-0.39, 0.29) is 21.5 Å². The Morgan fingerprint density at radius 3 is 2.67 bits per heavy atom. The quantitative estimate of drug-likeness (QED) is 0.268. The van der Waals surface area contributed by atoms with Crippen LogP contribution in [0.5, 0.6) is 11.5 Å². The van der Waals surface area contributed by atoms with Crippen molar-refractivity contribution in [1.29, 1.82) is 0 Å². The van der Waals surface area contributed by atoms with E-state index in [1.165, 1.54) is 0 Å². The maximum absolute atomic E-state index is 12.9. The number of thiocarbonyl (C=S) groups is 1. The SMILES string of the molecule is C=CCOc1c(Cl)cc(/C=C2/SC(=S)N(NC(=O)c3ccc(C)cc3Cl)C2=O)cc1OCC. The summed E-state index contributed by atoms with van der Waals surface area (Å²) in [6.07, 6.45) is 3.22. The largest absolute Gasteiger partial charge is 0.490 e. The Bertz CT molecular complexity index is 1170. The normalized spacial score (nSPS) is 14.5. The summed E-state index contributed by atoms with van der Waals surface area (Å²) in [5.41, 5.74) is 4.29. The number of hydrogen-bond donors (Lipinski definition) is 1. The Kier molecular flexibility index (Phi) is 8.42. The van der Waals surface area contributed by atoms with Crippen molar-refractivity contribution in [3.63, 3.8) is 0 Å². The van der Waals surface area contributed by atoms with Crippen LogP contribution in [0.4, 0.5) is 0 Å². The molecule has 0 unspecified atom stereocenters. The van der Waals surface area contributed by atoms with Crippen LogP contribution in [0.15, 0.2) is 47.9 Å². The highest BCUT2D eigenvalue weighted by Gasteiger charge is 2.34. The van der Waals surface area contributed by atoms with Gasteiger partial charge in [0.15, 0.2) is 15.8 Å². The van der Waals surface area contributed by atoms with Crippen LogP contribution in [0.1, 0.15) is 28.4 Å². The molecule has 0 spiro atoms. The molecule has 2 aromatic carbocycles. The third kappa shape index (κ3) is 5.89. The number of ether oxygens (including phenoxy) is 2. The van der Waals surface area contributed by atoms with Crippen LogP contribution in [0.3, 0.4) is 0 Å². The zero-order valence-electron chi connectivity index (χ0n) is 17.8. The van der Waals surface area contributed by atoms with Gasteiger partial charge in [-0.15, -0.1) is 0 Å². The number of halogens is 2. The minimum Gasteiger partial charge on any atom is -0.490 e. The average molecular weight is 523 g/mol. The van der Waals surface area contributed by atoms with E-state index in [0.717, 1.165) is 22.3 Å². The van der Waals surface area contributed by atoms with Gasteiger partial charge in [0, 0.05) is 0 Å². The van der Waals surface area contributed by atoms with Crippen LogP contribution in [-0.2, 0) is 4.79 Å². The number of nitrogens with one attached hydrogen (secondary N) is 1. The predicted molar refractivity (Wildman–Crippen MR) is 137 cm³/mol. The lowest BCUT2D eigenvalue weighted by Gasteiger charge is -2.16. The number of rotatable bonds is 8. The molecule has 1 aliphatic heterocycles. The molecule has 33 heavy (non-hydrogen) atoms. The van der Waals surface area contributed by atoms with E-state index < -0.39 is 11.8 Å². The zero-order valence-corrected chi connectivity index (χ0v) is 21.0. The summed E-state index contributed by atoms with van der Waals surface area (Å²) in [6.45, 7) is 8.00. The molecule has 0 saturated carbocycles. The van der Waals surface area contributed by atoms with Crippen molar-refractivity contribution in [2.75, 3.05) is 13.2 Å². The van der Waals surface area contributed by atoms with Gasteiger partial charge in [-0.3, -0.25) is 15.0 Å². The van der Waals surface area contributed by atoms with Crippen molar-refractivity contribution in [2.45, 2.75) is 13.8 Å².